The van der Waals surface area contributed by atoms with Crippen LogP contribution in [0.3, 0.4) is 0 Å². The van der Waals surface area contributed by atoms with Crippen LogP contribution in [0, 0.1) is 0 Å². The van der Waals surface area contributed by atoms with E-state index in [1.54, 1.807) is 0 Å². The molecule has 1 aromatic rings. The lowest BCUT2D eigenvalue weighted by atomic mass is 10.1. The molecule has 4 heteroatoms. The average molecular weight is 234 g/mol. The number of nitrogens with two attached hydrogens (primary N) is 1. The third-order valence-corrected chi connectivity index (χ3v) is 2.79. The van der Waals surface area contributed by atoms with E-state index in [-0.39, 0.29) is 6.04 Å². The van der Waals surface area contributed by atoms with E-state index in [0.29, 0.717) is 6.54 Å². The summed E-state index contributed by atoms with van der Waals surface area (Å²) in [5, 5.41) is 0. The number of amides is 2. The lowest BCUT2D eigenvalue weighted by Crippen LogP contribution is -2.44. The van der Waals surface area contributed by atoms with Gasteiger partial charge in [0.05, 0.1) is 0 Å². The van der Waals surface area contributed by atoms with Gasteiger partial charge >= 0.3 is 11.8 Å². The maximum atomic E-state index is 11.7. The van der Waals surface area contributed by atoms with Crippen molar-refractivity contribution in [3.05, 3.63) is 35.9 Å². The summed E-state index contributed by atoms with van der Waals surface area (Å²) >= 11 is 0. The fourth-order valence-corrected chi connectivity index (χ4v) is 1.57. The third-order valence-electron chi connectivity index (χ3n) is 2.79. The van der Waals surface area contributed by atoms with Crippen molar-refractivity contribution in [2.75, 3.05) is 0 Å². The van der Waals surface area contributed by atoms with E-state index in [0.717, 1.165) is 12.0 Å². The Bertz CT molecular complexity index is 390. The molecule has 0 aliphatic rings. The van der Waals surface area contributed by atoms with Crippen LogP contribution >= 0.6 is 0 Å². The van der Waals surface area contributed by atoms with E-state index in [4.69, 9.17) is 5.73 Å². The number of primary amides is 1. The van der Waals surface area contributed by atoms with Gasteiger partial charge < -0.3 is 10.6 Å². The Morgan fingerprint density at radius 3 is 2.35 bits per heavy atom. The van der Waals surface area contributed by atoms with Crippen molar-refractivity contribution in [1.29, 1.82) is 0 Å². The Labute approximate surface area is 101 Å². The van der Waals surface area contributed by atoms with Crippen LogP contribution < -0.4 is 5.73 Å². The number of carbonyl (C=O) groups is 2. The molecule has 0 aromatic heterocycles. The zero-order chi connectivity index (χ0) is 12.8. The van der Waals surface area contributed by atoms with Gasteiger partial charge in [0, 0.05) is 12.6 Å². The van der Waals surface area contributed by atoms with E-state index in [1.807, 2.05) is 44.2 Å². The van der Waals surface area contributed by atoms with Crippen molar-refractivity contribution < 1.29 is 9.59 Å². The summed E-state index contributed by atoms with van der Waals surface area (Å²) in [7, 11) is 0. The van der Waals surface area contributed by atoms with E-state index >= 15 is 0 Å². The molecule has 0 spiro atoms. The van der Waals surface area contributed by atoms with Crippen LogP contribution in [0.4, 0.5) is 0 Å². The molecule has 17 heavy (non-hydrogen) atoms. The van der Waals surface area contributed by atoms with Crippen LogP contribution in [-0.4, -0.2) is 22.8 Å². The van der Waals surface area contributed by atoms with E-state index in [1.165, 1.54) is 4.90 Å². The Kier molecular flexibility index (Phi) is 4.69. The highest BCUT2D eigenvalue weighted by molar-refractivity contribution is 6.34. The van der Waals surface area contributed by atoms with Gasteiger partial charge in [0.2, 0.25) is 0 Å². The van der Waals surface area contributed by atoms with Crippen molar-refractivity contribution in [2.24, 2.45) is 5.73 Å². The Morgan fingerprint density at radius 1 is 1.29 bits per heavy atom. The fourth-order valence-electron chi connectivity index (χ4n) is 1.57. The van der Waals surface area contributed by atoms with Gasteiger partial charge in [0.15, 0.2) is 0 Å². The van der Waals surface area contributed by atoms with Crippen LogP contribution in [0.5, 0.6) is 0 Å². The summed E-state index contributed by atoms with van der Waals surface area (Å²) < 4.78 is 0. The van der Waals surface area contributed by atoms with E-state index < -0.39 is 11.8 Å². The summed E-state index contributed by atoms with van der Waals surface area (Å²) in [6, 6.07) is 9.55. The molecule has 4 nitrogen and oxygen atoms in total. The lowest BCUT2D eigenvalue weighted by molar-refractivity contribution is -0.146. The monoisotopic (exact) mass is 234 g/mol. The standard InChI is InChI=1S/C13H18N2O2/c1-3-10(2)15(13(17)12(14)16)9-11-7-5-4-6-8-11/h4-8,10H,3,9H2,1-2H3,(H2,14,16). The minimum Gasteiger partial charge on any atom is -0.361 e. The van der Waals surface area contributed by atoms with E-state index in [2.05, 4.69) is 0 Å². The molecule has 0 saturated carbocycles. The predicted molar refractivity (Wildman–Crippen MR) is 65.9 cm³/mol. The molecule has 1 unspecified atom stereocenters. The van der Waals surface area contributed by atoms with Crippen LogP contribution in [0.2, 0.25) is 0 Å². The fraction of sp³-hybridized carbons (Fsp3) is 0.385. The largest absolute Gasteiger partial charge is 0.361 e. The third kappa shape index (κ3) is 3.59. The lowest BCUT2D eigenvalue weighted by Gasteiger charge is -2.27. The zero-order valence-electron chi connectivity index (χ0n) is 10.2. The normalized spacial score (nSPS) is 11.9. The van der Waals surface area contributed by atoms with Crippen LogP contribution in [-0.2, 0) is 16.1 Å². The highest BCUT2D eigenvalue weighted by Gasteiger charge is 2.23. The predicted octanol–water partition coefficient (Wildman–Crippen LogP) is 1.30. The van der Waals surface area contributed by atoms with Gasteiger partial charge in [-0.05, 0) is 18.9 Å². The van der Waals surface area contributed by atoms with Crippen LogP contribution in [0.1, 0.15) is 25.8 Å². The molecule has 2 amide bonds. The maximum absolute atomic E-state index is 11.7. The van der Waals surface area contributed by atoms with Crippen molar-refractivity contribution in [1.82, 2.24) is 4.90 Å². The zero-order valence-corrected chi connectivity index (χ0v) is 10.2. The van der Waals surface area contributed by atoms with Gasteiger partial charge in [-0.3, -0.25) is 9.59 Å². The topological polar surface area (TPSA) is 63.4 Å². The molecule has 92 valence electrons. The van der Waals surface area contributed by atoms with Crippen LogP contribution in [0.25, 0.3) is 0 Å². The van der Waals surface area contributed by atoms with Crippen molar-refractivity contribution in [3.8, 4) is 0 Å². The van der Waals surface area contributed by atoms with Gasteiger partial charge in [-0.15, -0.1) is 0 Å². The SMILES string of the molecule is CCC(C)N(Cc1ccccc1)C(=O)C(N)=O. The maximum Gasteiger partial charge on any atom is 0.312 e. The van der Waals surface area contributed by atoms with Gasteiger partial charge in [0.25, 0.3) is 0 Å². The second-order valence-electron chi connectivity index (χ2n) is 4.04. The van der Waals surface area contributed by atoms with Gasteiger partial charge in [-0.2, -0.15) is 0 Å². The molecule has 1 aromatic carbocycles. The molecule has 0 saturated heterocycles. The van der Waals surface area contributed by atoms with Crippen molar-refractivity contribution >= 4 is 11.8 Å². The quantitative estimate of drug-likeness (QED) is 0.798. The Hall–Kier alpha value is -1.84. The molecule has 0 fully saturated rings. The number of benzene rings is 1. The molecular weight excluding hydrogens is 216 g/mol. The summed E-state index contributed by atoms with van der Waals surface area (Å²) in [4.78, 5) is 24.2. The number of hydrogen-bond acceptors (Lipinski definition) is 2. The molecule has 0 radical (unpaired) electrons. The average Bonchev–Trinajstić information content (AvgIpc) is 2.35. The summed E-state index contributed by atoms with van der Waals surface area (Å²) in [5.74, 6) is -1.52. The first-order valence-corrected chi connectivity index (χ1v) is 5.70. The number of rotatable bonds is 4. The van der Waals surface area contributed by atoms with Crippen molar-refractivity contribution in [2.45, 2.75) is 32.9 Å². The smallest absolute Gasteiger partial charge is 0.312 e. The second kappa shape index (κ2) is 6.03. The molecule has 0 aliphatic heterocycles. The Balaban J connectivity index is 2.85. The van der Waals surface area contributed by atoms with Gasteiger partial charge in [0.1, 0.15) is 0 Å². The van der Waals surface area contributed by atoms with Crippen molar-refractivity contribution in [3.63, 3.8) is 0 Å². The van der Waals surface area contributed by atoms with E-state index in [9.17, 15) is 9.59 Å². The molecule has 0 aliphatic carbocycles. The highest BCUT2D eigenvalue weighted by Crippen LogP contribution is 2.10. The molecule has 0 heterocycles. The van der Waals surface area contributed by atoms with Gasteiger partial charge in [-0.1, -0.05) is 37.3 Å². The molecule has 2 N–H and O–H groups in total. The van der Waals surface area contributed by atoms with Crippen LogP contribution in [0.15, 0.2) is 30.3 Å². The first kappa shape index (κ1) is 13.2. The number of nitrogens with zero attached hydrogens (tertiary/aromatic N) is 1. The summed E-state index contributed by atoms with van der Waals surface area (Å²) in [6.07, 6.45) is 0.784. The minimum absolute atomic E-state index is 0.00444. The molecule has 0 bridgehead atoms. The minimum atomic E-state index is -0.902. The first-order chi connectivity index (χ1) is 8.06. The molecular formula is C13H18N2O2. The highest BCUT2D eigenvalue weighted by atomic mass is 16.2. The number of hydrogen-bond donors (Lipinski definition) is 1. The summed E-state index contributed by atoms with van der Waals surface area (Å²) in [5.41, 5.74) is 6.04. The molecule has 1 atom stereocenters. The summed E-state index contributed by atoms with van der Waals surface area (Å²) in [6.45, 7) is 4.29. The first-order valence-electron chi connectivity index (χ1n) is 5.70. The Morgan fingerprint density at radius 2 is 1.88 bits per heavy atom. The molecule has 1 rings (SSSR count). The number of carbonyl (C=O) groups excluding carboxylic acids is 2. The second-order valence-corrected chi connectivity index (χ2v) is 4.04. The van der Waals surface area contributed by atoms with Gasteiger partial charge in [-0.25, -0.2) is 0 Å².